The van der Waals surface area contributed by atoms with Gasteiger partial charge >= 0.3 is 0 Å². The fourth-order valence-corrected chi connectivity index (χ4v) is 3.76. The van der Waals surface area contributed by atoms with Crippen LogP contribution in [0.2, 0.25) is 0 Å². The van der Waals surface area contributed by atoms with Gasteiger partial charge in [-0.3, -0.25) is 0 Å². The molecule has 4 rings (SSSR count). The van der Waals surface area contributed by atoms with Crippen molar-refractivity contribution in [3.8, 4) is 0 Å². The second-order valence-electron chi connectivity index (χ2n) is 7.74. The molecule has 2 aromatic heterocycles. The van der Waals surface area contributed by atoms with Crippen molar-refractivity contribution >= 4 is 23.1 Å². The number of benzene rings is 1. The van der Waals surface area contributed by atoms with Gasteiger partial charge in [0.25, 0.3) is 0 Å². The van der Waals surface area contributed by atoms with Crippen molar-refractivity contribution in [2.24, 2.45) is 0 Å². The maximum atomic E-state index is 4.52. The first kappa shape index (κ1) is 19.2. The third kappa shape index (κ3) is 4.31. The minimum absolute atomic E-state index is 0.443. The molecule has 1 saturated heterocycles. The topological polar surface area (TPSA) is 57.2 Å². The summed E-state index contributed by atoms with van der Waals surface area (Å²) in [6.45, 7) is 10.2. The molecule has 6 nitrogen and oxygen atoms in total. The normalized spacial score (nSPS) is 14.3. The zero-order valence-electron chi connectivity index (χ0n) is 17.3. The maximum absolute atomic E-state index is 4.52. The fourth-order valence-electron chi connectivity index (χ4n) is 3.76. The van der Waals surface area contributed by atoms with Crippen LogP contribution in [-0.4, -0.2) is 41.1 Å². The van der Waals surface area contributed by atoms with Crippen molar-refractivity contribution < 1.29 is 0 Å². The van der Waals surface area contributed by atoms with E-state index < -0.39 is 0 Å². The number of anilines is 4. The number of aromatic nitrogens is 3. The zero-order valence-corrected chi connectivity index (χ0v) is 17.3. The van der Waals surface area contributed by atoms with Gasteiger partial charge in [-0.15, -0.1) is 0 Å². The number of nitrogens with one attached hydrogen (secondary N) is 1. The van der Waals surface area contributed by atoms with E-state index in [1.807, 2.05) is 24.4 Å². The van der Waals surface area contributed by atoms with E-state index in [1.54, 1.807) is 6.33 Å². The summed E-state index contributed by atoms with van der Waals surface area (Å²) in [5.74, 6) is 3.28. The SMILES string of the molecule is Cc1cccc(C(C)C)c1Nc1cc(N2CCN(c3ccccn3)CC2)ncn1. The lowest BCUT2D eigenvalue weighted by Gasteiger charge is -2.36. The number of piperazine rings is 1. The molecule has 1 aliphatic rings. The molecule has 1 fully saturated rings. The number of pyridine rings is 1. The standard InChI is InChI=1S/C23H28N6/c1-17(2)19-8-6-7-18(3)23(19)27-20-15-22(26-16-25-20)29-13-11-28(12-14-29)21-9-4-5-10-24-21/h4-10,15-17H,11-14H2,1-3H3,(H,25,26,27). The van der Waals surface area contributed by atoms with Crippen LogP contribution in [0.1, 0.15) is 30.9 Å². The van der Waals surface area contributed by atoms with E-state index in [0.717, 1.165) is 49.3 Å². The van der Waals surface area contributed by atoms with Crippen LogP contribution in [-0.2, 0) is 0 Å². The Hall–Kier alpha value is -3.15. The summed E-state index contributed by atoms with van der Waals surface area (Å²) in [7, 11) is 0. The Morgan fingerprint density at radius 2 is 1.62 bits per heavy atom. The highest BCUT2D eigenvalue weighted by molar-refractivity contribution is 5.67. The predicted octanol–water partition coefficient (Wildman–Crippen LogP) is 4.37. The molecule has 0 amide bonds. The first-order valence-electron chi connectivity index (χ1n) is 10.2. The molecule has 1 N–H and O–H groups in total. The monoisotopic (exact) mass is 388 g/mol. The third-order valence-electron chi connectivity index (χ3n) is 5.41. The number of hydrogen-bond acceptors (Lipinski definition) is 6. The average Bonchev–Trinajstić information content (AvgIpc) is 2.76. The minimum Gasteiger partial charge on any atom is -0.353 e. The van der Waals surface area contributed by atoms with Crippen molar-refractivity contribution in [3.05, 3.63) is 66.1 Å². The molecule has 1 aliphatic heterocycles. The molecular weight excluding hydrogens is 360 g/mol. The molecule has 0 radical (unpaired) electrons. The highest BCUT2D eigenvalue weighted by atomic mass is 15.3. The quantitative estimate of drug-likeness (QED) is 0.700. The lowest BCUT2D eigenvalue weighted by Crippen LogP contribution is -2.47. The van der Waals surface area contributed by atoms with E-state index in [2.05, 4.69) is 75.1 Å². The number of rotatable bonds is 5. The second kappa shape index (κ2) is 8.47. The summed E-state index contributed by atoms with van der Waals surface area (Å²) < 4.78 is 0. The molecule has 3 aromatic rings. The van der Waals surface area contributed by atoms with Gasteiger partial charge in [0.15, 0.2) is 0 Å². The third-order valence-corrected chi connectivity index (χ3v) is 5.41. The molecule has 0 unspecified atom stereocenters. The lowest BCUT2D eigenvalue weighted by molar-refractivity contribution is 0.641. The average molecular weight is 389 g/mol. The molecular formula is C23H28N6. The van der Waals surface area contributed by atoms with Crippen molar-refractivity contribution in [1.82, 2.24) is 15.0 Å². The summed E-state index contributed by atoms with van der Waals surface area (Å²) in [5.41, 5.74) is 3.67. The van der Waals surface area contributed by atoms with Crippen LogP contribution in [0.15, 0.2) is 55.0 Å². The van der Waals surface area contributed by atoms with E-state index in [1.165, 1.54) is 11.1 Å². The van der Waals surface area contributed by atoms with Crippen LogP contribution in [0.3, 0.4) is 0 Å². The second-order valence-corrected chi connectivity index (χ2v) is 7.74. The van der Waals surface area contributed by atoms with Gasteiger partial charge in [-0.25, -0.2) is 15.0 Å². The Balaban J connectivity index is 1.48. The molecule has 150 valence electrons. The Morgan fingerprint density at radius 3 is 2.31 bits per heavy atom. The first-order chi connectivity index (χ1) is 14.1. The number of nitrogens with zero attached hydrogens (tertiary/aromatic N) is 5. The van der Waals surface area contributed by atoms with Gasteiger partial charge in [0.1, 0.15) is 23.8 Å². The van der Waals surface area contributed by atoms with Gasteiger partial charge in [-0.05, 0) is 36.1 Å². The van der Waals surface area contributed by atoms with E-state index in [9.17, 15) is 0 Å². The summed E-state index contributed by atoms with van der Waals surface area (Å²) in [6, 6.07) is 14.5. The van der Waals surface area contributed by atoms with Crippen LogP contribution in [0.4, 0.5) is 23.1 Å². The van der Waals surface area contributed by atoms with Crippen LogP contribution < -0.4 is 15.1 Å². The minimum atomic E-state index is 0.443. The highest BCUT2D eigenvalue weighted by Crippen LogP contribution is 2.30. The Morgan fingerprint density at radius 1 is 0.862 bits per heavy atom. The fraction of sp³-hybridized carbons (Fsp3) is 0.348. The van der Waals surface area contributed by atoms with Gasteiger partial charge in [0, 0.05) is 44.1 Å². The number of hydrogen-bond donors (Lipinski definition) is 1. The van der Waals surface area contributed by atoms with Crippen LogP contribution in [0, 0.1) is 6.92 Å². The van der Waals surface area contributed by atoms with Crippen LogP contribution >= 0.6 is 0 Å². The molecule has 1 aromatic carbocycles. The number of para-hydroxylation sites is 1. The zero-order chi connectivity index (χ0) is 20.2. The van der Waals surface area contributed by atoms with Crippen LogP contribution in [0.25, 0.3) is 0 Å². The largest absolute Gasteiger partial charge is 0.353 e. The smallest absolute Gasteiger partial charge is 0.135 e. The molecule has 0 atom stereocenters. The van der Waals surface area contributed by atoms with Crippen molar-refractivity contribution in [3.63, 3.8) is 0 Å². The molecule has 3 heterocycles. The molecule has 0 aliphatic carbocycles. The van der Waals surface area contributed by atoms with Crippen molar-refractivity contribution in [2.45, 2.75) is 26.7 Å². The molecule has 0 bridgehead atoms. The first-order valence-corrected chi connectivity index (χ1v) is 10.2. The Bertz CT molecular complexity index is 949. The van der Waals surface area contributed by atoms with Gasteiger partial charge in [-0.1, -0.05) is 38.1 Å². The summed E-state index contributed by atoms with van der Waals surface area (Å²) >= 11 is 0. The van der Waals surface area contributed by atoms with Crippen molar-refractivity contribution in [2.75, 3.05) is 41.3 Å². The van der Waals surface area contributed by atoms with E-state index >= 15 is 0 Å². The molecule has 29 heavy (non-hydrogen) atoms. The van der Waals surface area contributed by atoms with Crippen LogP contribution in [0.5, 0.6) is 0 Å². The maximum Gasteiger partial charge on any atom is 0.135 e. The Labute approximate surface area is 172 Å². The van der Waals surface area contributed by atoms with E-state index in [-0.39, 0.29) is 0 Å². The summed E-state index contributed by atoms with van der Waals surface area (Å²) in [5, 5.41) is 3.54. The highest BCUT2D eigenvalue weighted by Gasteiger charge is 2.19. The summed E-state index contributed by atoms with van der Waals surface area (Å²) in [4.78, 5) is 18.1. The van der Waals surface area contributed by atoms with Crippen molar-refractivity contribution in [1.29, 1.82) is 0 Å². The van der Waals surface area contributed by atoms with Gasteiger partial charge in [0.05, 0.1) is 0 Å². The molecule has 6 heteroatoms. The summed E-state index contributed by atoms with van der Waals surface area (Å²) in [6.07, 6.45) is 3.50. The van der Waals surface area contributed by atoms with E-state index in [0.29, 0.717) is 5.92 Å². The van der Waals surface area contributed by atoms with Gasteiger partial charge < -0.3 is 15.1 Å². The molecule has 0 saturated carbocycles. The lowest BCUT2D eigenvalue weighted by atomic mass is 9.98. The molecule has 0 spiro atoms. The predicted molar refractivity (Wildman–Crippen MR) is 119 cm³/mol. The number of aryl methyl sites for hydroxylation is 1. The van der Waals surface area contributed by atoms with E-state index in [4.69, 9.17) is 0 Å². The van der Waals surface area contributed by atoms with Gasteiger partial charge in [-0.2, -0.15) is 0 Å². The Kier molecular flexibility index (Phi) is 5.60. The van der Waals surface area contributed by atoms with Gasteiger partial charge in [0.2, 0.25) is 0 Å².